The Kier molecular flexibility index (Phi) is 3.92. The molecule has 1 fully saturated rings. The van der Waals surface area contributed by atoms with Gasteiger partial charge in [-0.25, -0.2) is 0 Å². The van der Waals surface area contributed by atoms with E-state index in [1.54, 1.807) is 0 Å². The predicted molar refractivity (Wildman–Crippen MR) is 69.7 cm³/mol. The average Bonchev–Trinajstić information content (AvgIpc) is 2.87. The Labute approximate surface area is 113 Å². The number of rotatable bonds is 2. The normalized spacial score (nSPS) is 24.2. The summed E-state index contributed by atoms with van der Waals surface area (Å²) in [5.41, 5.74) is -0.117. The maximum Gasteiger partial charge on any atom is 0.308 e. The van der Waals surface area contributed by atoms with Gasteiger partial charge < -0.3 is 9.15 Å². The van der Waals surface area contributed by atoms with Gasteiger partial charge in [0, 0.05) is 11.3 Å². The lowest BCUT2D eigenvalue weighted by molar-refractivity contribution is -0.146. The van der Waals surface area contributed by atoms with Crippen LogP contribution in [0.3, 0.4) is 0 Å². The van der Waals surface area contributed by atoms with Crippen molar-refractivity contribution in [1.82, 2.24) is 10.2 Å². The first-order valence-electron chi connectivity index (χ1n) is 6.83. The summed E-state index contributed by atoms with van der Waals surface area (Å²) in [4.78, 5) is 11.5. The third-order valence-corrected chi connectivity index (χ3v) is 3.69. The highest BCUT2D eigenvalue weighted by atomic mass is 16.5. The highest BCUT2D eigenvalue weighted by Crippen LogP contribution is 2.36. The van der Waals surface area contributed by atoms with Gasteiger partial charge >= 0.3 is 5.97 Å². The molecular weight excluding hydrogens is 244 g/mol. The van der Waals surface area contributed by atoms with Crippen molar-refractivity contribution in [2.75, 3.05) is 7.11 Å². The van der Waals surface area contributed by atoms with Crippen LogP contribution in [0.5, 0.6) is 0 Å². The predicted octanol–water partition coefficient (Wildman–Crippen LogP) is 2.81. The van der Waals surface area contributed by atoms with E-state index >= 15 is 0 Å². The van der Waals surface area contributed by atoms with E-state index < -0.39 is 0 Å². The topological polar surface area (TPSA) is 65.2 Å². The summed E-state index contributed by atoms with van der Waals surface area (Å²) in [6.45, 7) is 6.16. The molecule has 2 rings (SSSR count). The van der Waals surface area contributed by atoms with E-state index in [-0.39, 0.29) is 23.2 Å². The molecule has 1 aromatic heterocycles. The summed E-state index contributed by atoms with van der Waals surface area (Å²) in [6, 6.07) is 0. The molecule has 1 saturated carbocycles. The van der Waals surface area contributed by atoms with Crippen LogP contribution in [-0.2, 0) is 14.9 Å². The Hall–Kier alpha value is -1.39. The summed E-state index contributed by atoms with van der Waals surface area (Å²) in [7, 11) is 1.45. The molecule has 0 amide bonds. The third kappa shape index (κ3) is 3.14. The molecule has 1 aromatic rings. The summed E-state index contributed by atoms with van der Waals surface area (Å²) >= 11 is 0. The van der Waals surface area contributed by atoms with Crippen molar-refractivity contribution in [2.45, 2.75) is 57.8 Å². The van der Waals surface area contributed by atoms with Crippen molar-refractivity contribution in [3.05, 3.63) is 11.8 Å². The van der Waals surface area contributed by atoms with Gasteiger partial charge in [-0.3, -0.25) is 4.79 Å². The molecule has 0 spiro atoms. The fraction of sp³-hybridized carbons (Fsp3) is 0.786. The summed E-state index contributed by atoms with van der Waals surface area (Å²) in [5, 5.41) is 8.29. The number of carbonyl (C=O) groups is 1. The minimum atomic E-state index is -0.117. The van der Waals surface area contributed by atoms with Crippen LogP contribution in [0, 0.1) is 5.92 Å². The first-order chi connectivity index (χ1) is 8.91. The van der Waals surface area contributed by atoms with Gasteiger partial charge in [-0.1, -0.05) is 20.8 Å². The zero-order chi connectivity index (χ0) is 14.0. The molecular formula is C14H22N2O3. The van der Waals surface area contributed by atoms with Gasteiger partial charge in [0.25, 0.3) is 0 Å². The third-order valence-electron chi connectivity index (χ3n) is 3.69. The molecule has 5 heteroatoms. The van der Waals surface area contributed by atoms with Gasteiger partial charge in [0.15, 0.2) is 0 Å². The van der Waals surface area contributed by atoms with Gasteiger partial charge in [0.2, 0.25) is 11.8 Å². The average molecular weight is 266 g/mol. The highest BCUT2D eigenvalue weighted by Gasteiger charge is 2.31. The van der Waals surface area contributed by atoms with Crippen LogP contribution < -0.4 is 0 Å². The number of aromatic nitrogens is 2. The number of methoxy groups -OCH3 is 1. The molecule has 0 radical (unpaired) electrons. The summed E-state index contributed by atoms with van der Waals surface area (Å²) in [5.74, 6) is 1.61. The Morgan fingerprint density at radius 2 is 1.84 bits per heavy atom. The Balaban J connectivity index is 1.98. The second-order valence-corrected chi connectivity index (χ2v) is 6.27. The molecule has 0 saturated heterocycles. The van der Waals surface area contributed by atoms with Crippen LogP contribution in [-0.4, -0.2) is 23.3 Å². The standard InChI is InChI=1S/C14H22N2O3/c1-14(2,3)13-16-15-11(19-13)9-5-7-10(8-6-9)12(17)18-4/h9-10H,5-8H2,1-4H3/t9-,10-. The zero-order valence-corrected chi connectivity index (χ0v) is 12.1. The molecule has 0 aromatic carbocycles. The molecule has 0 unspecified atom stereocenters. The first kappa shape index (κ1) is 14.0. The van der Waals surface area contributed by atoms with Crippen molar-refractivity contribution in [1.29, 1.82) is 0 Å². The molecule has 0 N–H and O–H groups in total. The minimum absolute atomic E-state index is 0.0336. The second kappa shape index (κ2) is 5.31. The van der Waals surface area contributed by atoms with Crippen LogP contribution in [0.1, 0.15) is 64.2 Å². The summed E-state index contributed by atoms with van der Waals surface area (Å²) in [6.07, 6.45) is 3.49. The van der Waals surface area contributed by atoms with Gasteiger partial charge in [0.1, 0.15) is 0 Å². The number of ether oxygens (including phenoxy) is 1. The molecule has 5 nitrogen and oxygen atoms in total. The van der Waals surface area contributed by atoms with Crippen molar-refractivity contribution < 1.29 is 13.9 Å². The number of hydrogen-bond acceptors (Lipinski definition) is 5. The SMILES string of the molecule is COC(=O)[C@H]1CC[C@H](c2nnc(C(C)(C)C)o2)CC1. The van der Waals surface area contributed by atoms with E-state index in [9.17, 15) is 4.79 Å². The molecule has 0 bridgehead atoms. The molecule has 1 heterocycles. The lowest BCUT2D eigenvalue weighted by atomic mass is 9.82. The van der Waals surface area contributed by atoms with Gasteiger partial charge in [-0.15, -0.1) is 10.2 Å². The Bertz CT molecular complexity index is 440. The van der Waals surface area contributed by atoms with Crippen molar-refractivity contribution in [3.63, 3.8) is 0 Å². The largest absolute Gasteiger partial charge is 0.469 e. The number of hydrogen-bond donors (Lipinski definition) is 0. The highest BCUT2D eigenvalue weighted by molar-refractivity contribution is 5.72. The Morgan fingerprint density at radius 1 is 1.21 bits per heavy atom. The molecule has 1 aliphatic carbocycles. The van der Waals surface area contributed by atoms with E-state index in [0.717, 1.165) is 25.7 Å². The Morgan fingerprint density at radius 3 is 2.32 bits per heavy atom. The van der Waals surface area contributed by atoms with Gasteiger partial charge in [-0.2, -0.15) is 0 Å². The van der Waals surface area contributed by atoms with Crippen LogP contribution >= 0.6 is 0 Å². The van der Waals surface area contributed by atoms with Gasteiger partial charge in [-0.05, 0) is 25.7 Å². The van der Waals surface area contributed by atoms with Crippen molar-refractivity contribution in [3.8, 4) is 0 Å². The zero-order valence-electron chi connectivity index (χ0n) is 12.1. The van der Waals surface area contributed by atoms with Crippen LogP contribution in [0.4, 0.5) is 0 Å². The second-order valence-electron chi connectivity index (χ2n) is 6.27. The van der Waals surface area contributed by atoms with Crippen molar-refractivity contribution in [2.24, 2.45) is 5.92 Å². The lowest BCUT2D eigenvalue weighted by Crippen LogP contribution is -2.22. The fourth-order valence-corrected chi connectivity index (χ4v) is 2.45. The minimum Gasteiger partial charge on any atom is -0.469 e. The van der Waals surface area contributed by atoms with E-state index in [1.165, 1.54) is 7.11 Å². The fourth-order valence-electron chi connectivity index (χ4n) is 2.45. The van der Waals surface area contributed by atoms with E-state index in [1.807, 2.05) is 0 Å². The van der Waals surface area contributed by atoms with Crippen molar-refractivity contribution >= 4 is 5.97 Å². The molecule has 0 aliphatic heterocycles. The number of nitrogens with zero attached hydrogens (tertiary/aromatic N) is 2. The summed E-state index contributed by atoms with van der Waals surface area (Å²) < 4.78 is 10.6. The van der Waals surface area contributed by atoms with E-state index in [4.69, 9.17) is 9.15 Å². The maximum atomic E-state index is 11.5. The number of carbonyl (C=O) groups excluding carboxylic acids is 1. The molecule has 19 heavy (non-hydrogen) atoms. The van der Waals surface area contributed by atoms with Crippen LogP contribution in [0.15, 0.2) is 4.42 Å². The molecule has 0 atom stereocenters. The molecule has 1 aliphatic rings. The maximum absolute atomic E-state index is 11.5. The van der Waals surface area contributed by atoms with E-state index in [2.05, 4.69) is 31.0 Å². The quantitative estimate of drug-likeness (QED) is 0.770. The number of esters is 1. The van der Waals surface area contributed by atoms with Gasteiger partial charge in [0.05, 0.1) is 13.0 Å². The smallest absolute Gasteiger partial charge is 0.308 e. The van der Waals surface area contributed by atoms with Crippen LogP contribution in [0.25, 0.3) is 0 Å². The monoisotopic (exact) mass is 266 g/mol. The first-order valence-corrected chi connectivity index (χ1v) is 6.83. The van der Waals surface area contributed by atoms with E-state index in [0.29, 0.717) is 11.8 Å². The lowest BCUT2D eigenvalue weighted by Gasteiger charge is -2.24. The van der Waals surface area contributed by atoms with Crippen LogP contribution in [0.2, 0.25) is 0 Å². The molecule has 106 valence electrons.